The molecule has 1 aromatic rings. The standard InChI is InChI=1S/C12H17ClOS/c1-7-8(2)14-9(3)11(7)12(13)10-5-4-6-15-10/h4-9,11-12H,1-3H3. The number of halogens is 1. The van der Waals surface area contributed by atoms with Crippen molar-refractivity contribution in [2.75, 3.05) is 0 Å². The SMILES string of the molecule is CC1OC(C)C(C(Cl)c2cccs2)C1C. The summed E-state index contributed by atoms with van der Waals surface area (Å²) in [7, 11) is 0. The molecule has 0 aromatic carbocycles. The van der Waals surface area contributed by atoms with Crippen molar-refractivity contribution >= 4 is 22.9 Å². The molecule has 84 valence electrons. The van der Waals surface area contributed by atoms with Crippen molar-refractivity contribution in [2.24, 2.45) is 11.8 Å². The molecule has 3 heteroatoms. The molecule has 5 atom stereocenters. The zero-order valence-corrected chi connectivity index (χ0v) is 10.9. The Morgan fingerprint density at radius 3 is 2.53 bits per heavy atom. The van der Waals surface area contributed by atoms with Gasteiger partial charge in [-0.15, -0.1) is 22.9 Å². The summed E-state index contributed by atoms with van der Waals surface area (Å²) in [5, 5.41) is 2.18. The number of alkyl halides is 1. The van der Waals surface area contributed by atoms with Gasteiger partial charge in [0.15, 0.2) is 0 Å². The van der Waals surface area contributed by atoms with Crippen molar-refractivity contribution in [3.8, 4) is 0 Å². The minimum absolute atomic E-state index is 0.0972. The predicted octanol–water partition coefficient (Wildman–Crippen LogP) is 4.09. The van der Waals surface area contributed by atoms with Gasteiger partial charge >= 0.3 is 0 Å². The maximum absolute atomic E-state index is 6.54. The lowest BCUT2D eigenvalue weighted by Gasteiger charge is -2.23. The Bertz CT molecular complexity index is 311. The van der Waals surface area contributed by atoms with Gasteiger partial charge in [0.25, 0.3) is 0 Å². The Hall–Kier alpha value is -0.0500. The van der Waals surface area contributed by atoms with Crippen LogP contribution < -0.4 is 0 Å². The average molecular weight is 245 g/mol. The first kappa shape index (κ1) is 11.4. The van der Waals surface area contributed by atoms with E-state index in [2.05, 4.69) is 38.3 Å². The zero-order valence-electron chi connectivity index (χ0n) is 9.31. The van der Waals surface area contributed by atoms with Gasteiger partial charge in [-0.25, -0.2) is 0 Å². The third-order valence-electron chi connectivity index (χ3n) is 3.47. The number of rotatable bonds is 2. The topological polar surface area (TPSA) is 9.23 Å². The van der Waals surface area contributed by atoms with Crippen LogP contribution in [0.4, 0.5) is 0 Å². The molecule has 0 radical (unpaired) electrons. The van der Waals surface area contributed by atoms with Gasteiger partial charge in [0.05, 0.1) is 17.6 Å². The molecular weight excluding hydrogens is 228 g/mol. The van der Waals surface area contributed by atoms with Crippen LogP contribution in [0, 0.1) is 11.8 Å². The highest BCUT2D eigenvalue weighted by Gasteiger charge is 2.41. The van der Waals surface area contributed by atoms with E-state index in [9.17, 15) is 0 Å². The highest BCUT2D eigenvalue weighted by Crippen LogP contribution is 2.44. The second kappa shape index (κ2) is 4.44. The Morgan fingerprint density at radius 2 is 2.07 bits per heavy atom. The molecule has 2 heterocycles. The van der Waals surface area contributed by atoms with Gasteiger partial charge < -0.3 is 4.74 Å². The lowest BCUT2D eigenvalue weighted by molar-refractivity contribution is 0.0508. The largest absolute Gasteiger partial charge is 0.375 e. The van der Waals surface area contributed by atoms with Gasteiger partial charge in [0.1, 0.15) is 0 Å². The van der Waals surface area contributed by atoms with Crippen molar-refractivity contribution in [2.45, 2.75) is 38.4 Å². The van der Waals surface area contributed by atoms with E-state index in [1.54, 1.807) is 11.3 Å². The molecule has 1 aliphatic rings. The van der Waals surface area contributed by atoms with E-state index in [0.717, 1.165) is 0 Å². The summed E-state index contributed by atoms with van der Waals surface area (Å²) >= 11 is 8.27. The third kappa shape index (κ3) is 2.08. The third-order valence-corrected chi connectivity index (χ3v) is 5.08. The number of hydrogen-bond donors (Lipinski definition) is 0. The summed E-state index contributed by atoms with van der Waals surface area (Å²) in [5.41, 5.74) is 0. The van der Waals surface area contributed by atoms with Crippen molar-refractivity contribution in [3.63, 3.8) is 0 Å². The van der Waals surface area contributed by atoms with E-state index in [4.69, 9.17) is 16.3 Å². The Balaban J connectivity index is 2.16. The molecule has 1 fully saturated rings. The van der Waals surface area contributed by atoms with Crippen LogP contribution in [0.1, 0.15) is 31.0 Å². The molecule has 1 saturated heterocycles. The second-order valence-corrected chi connectivity index (χ2v) is 5.85. The van der Waals surface area contributed by atoms with E-state index in [0.29, 0.717) is 17.9 Å². The van der Waals surface area contributed by atoms with Crippen LogP contribution in [0.15, 0.2) is 17.5 Å². The van der Waals surface area contributed by atoms with Crippen LogP contribution in [-0.4, -0.2) is 12.2 Å². The maximum Gasteiger partial charge on any atom is 0.0734 e. The van der Waals surface area contributed by atoms with E-state index in [1.165, 1.54) is 4.88 Å². The number of hydrogen-bond acceptors (Lipinski definition) is 2. The van der Waals surface area contributed by atoms with Crippen molar-refractivity contribution in [1.29, 1.82) is 0 Å². The molecular formula is C12H17ClOS. The van der Waals surface area contributed by atoms with Gasteiger partial charge in [-0.05, 0) is 31.2 Å². The minimum Gasteiger partial charge on any atom is -0.375 e. The molecule has 1 aliphatic heterocycles. The molecule has 15 heavy (non-hydrogen) atoms. The molecule has 0 saturated carbocycles. The Kier molecular flexibility index (Phi) is 3.39. The van der Waals surface area contributed by atoms with E-state index >= 15 is 0 Å². The first-order chi connectivity index (χ1) is 7.11. The molecule has 0 aliphatic carbocycles. The number of ether oxygens (including phenoxy) is 1. The van der Waals surface area contributed by atoms with Gasteiger partial charge in [-0.3, -0.25) is 0 Å². The molecule has 0 spiro atoms. The van der Waals surface area contributed by atoms with E-state index in [-0.39, 0.29) is 11.5 Å². The smallest absolute Gasteiger partial charge is 0.0734 e. The van der Waals surface area contributed by atoms with Gasteiger partial charge in [0.2, 0.25) is 0 Å². The van der Waals surface area contributed by atoms with Gasteiger partial charge in [-0.2, -0.15) is 0 Å². The summed E-state index contributed by atoms with van der Waals surface area (Å²) in [6.07, 6.45) is 0.589. The van der Waals surface area contributed by atoms with Crippen LogP contribution in [0.25, 0.3) is 0 Å². The summed E-state index contributed by atoms with van der Waals surface area (Å²) < 4.78 is 5.83. The fourth-order valence-electron chi connectivity index (χ4n) is 2.44. The van der Waals surface area contributed by atoms with Gasteiger partial charge in [-0.1, -0.05) is 13.0 Å². The lowest BCUT2D eigenvalue weighted by Crippen LogP contribution is -2.21. The first-order valence-corrected chi connectivity index (χ1v) is 6.75. The minimum atomic E-state index is 0.0972. The Morgan fingerprint density at radius 1 is 1.33 bits per heavy atom. The van der Waals surface area contributed by atoms with Crippen LogP contribution in [-0.2, 0) is 4.74 Å². The quantitative estimate of drug-likeness (QED) is 0.712. The van der Waals surface area contributed by atoms with Crippen LogP contribution in [0.5, 0.6) is 0 Å². The van der Waals surface area contributed by atoms with Crippen molar-refractivity contribution in [1.82, 2.24) is 0 Å². The molecule has 2 rings (SSSR count). The zero-order chi connectivity index (χ0) is 11.0. The maximum atomic E-state index is 6.54. The molecule has 1 nitrogen and oxygen atoms in total. The van der Waals surface area contributed by atoms with Crippen molar-refractivity contribution < 1.29 is 4.74 Å². The summed E-state index contributed by atoms with van der Waals surface area (Å²) in [5.74, 6) is 0.963. The molecule has 0 amide bonds. The Labute approximate surface area is 100 Å². The average Bonchev–Trinajstić information content (AvgIpc) is 2.76. The molecule has 0 bridgehead atoms. The first-order valence-electron chi connectivity index (χ1n) is 5.44. The van der Waals surface area contributed by atoms with Gasteiger partial charge in [0, 0.05) is 10.8 Å². The monoisotopic (exact) mass is 244 g/mol. The predicted molar refractivity (Wildman–Crippen MR) is 65.6 cm³/mol. The fourth-order valence-corrected chi connectivity index (χ4v) is 3.86. The van der Waals surface area contributed by atoms with Crippen molar-refractivity contribution in [3.05, 3.63) is 22.4 Å². The van der Waals surface area contributed by atoms with E-state index < -0.39 is 0 Å². The molecule has 0 N–H and O–H groups in total. The summed E-state index contributed by atoms with van der Waals surface area (Å²) in [4.78, 5) is 1.26. The normalized spacial score (nSPS) is 38.1. The molecule has 1 aromatic heterocycles. The summed E-state index contributed by atoms with van der Waals surface area (Å²) in [6.45, 7) is 6.51. The molecule has 5 unspecified atom stereocenters. The second-order valence-electron chi connectivity index (χ2n) is 4.40. The highest BCUT2D eigenvalue weighted by atomic mass is 35.5. The van der Waals surface area contributed by atoms with Crippen LogP contribution >= 0.6 is 22.9 Å². The van der Waals surface area contributed by atoms with E-state index in [1.807, 2.05) is 0 Å². The fraction of sp³-hybridized carbons (Fsp3) is 0.667. The highest BCUT2D eigenvalue weighted by molar-refractivity contribution is 7.10. The van der Waals surface area contributed by atoms with Crippen LogP contribution in [0.3, 0.4) is 0 Å². The number of thiophene rings is 1. The summed E-state index contributed by atoms with van der Waals surface area (Å²) in [6, 6.07) is 4.18. The van der Waals surface area contributed by atoms with Crippen LogP contribution in [0.2, 0.25) is 0 Å². The lowest BCUT2D eigenvalue weighted by atomic mass is 9.86.